The Balaban J connectivity index is 1.41. The minimum atomic E-state index is 0.420. The van der Waals surface area contributed by atoms with Gasteiger partial charge >= 0.3 is 0 Å². The zero-order valence-electron chi connectivity index (χ0n) is 18.9. The van der Waals surface area contributed by atoms with Crippen molar-refractivity contribution in [2.45, 2.75) is 44.7 Å². The molecule has 1 aliphatic rings. The predicted octanol–water partition coefficient (Wildman–Crippen LogP) is 5.63. The molecule has 0 unspecified atom stereocenters. The molecule has 4 heterocycles. The van der Waals surface area contributed by atoms with Gasteiger partial charge < -0.3 is 15.2 Å². The van der Waals surface area contributed by atoms with Gasteiger partial charge in [0.25, 0.3) is 0 Å². The summed E-state index contributed by atoms with van der Waals surface area (Å²) in [5.41, 5.74) is 2.70. The van der Waals surface area contributed by atoms with Crippen LogP contribution in [0.3, 0.4) is 0 Å². The second-order valence-corrected chi connectivity index (χ2v) is 8.73. The van der Waals surface area contributed by atoms with E-state index in [1.165, 1.54) is 19.3 Å². The van der Waals surface area contributed by atoms with Gasteiger partial charge in [0.15, 0.2) is 17.0 Å². The summed E-state index contributed by atoms with van der Waals surface area (Å²) in [5, 5.41) is 8.97. The number of rotatable bonds is 6. The summed E-state index contributed by atoms with van der Waals surface area (Å²) in [6, 6.07) is 14.6. The molecule has 0 saturated heterocycles. The van der Waals surface area contributed by atoms with E-state index in [1.54, 1.807) is 12.4 Å². The highest BCUT2D eigenvalue weighted by atomic mass is 15.2. The average Bonchev–Trinajstić information content (AvgIpc) is 3.33. The molecule has 0 radical (unpaired) electrons. The second-order valence-electron chi connectivity index (χ2n) is 8.73. The highest BCUT2D eigenvalue weighted by molar-refractivity contribution is 5.93. The van der Waals surface area contributed by atoms with E-state index >= 15 is 0 Å². The lowest BCUT2D eigenvalue weighted by atomic mass is 9.95. The standard InChI is InChI=1S/C26H26N8/c1-2-9-20(10-3-1)34-17-30-22-24(29-16-18-7-6-13-27-15-18)32-26(33-25(22)34)31-23-21-11-5-4-8-19(21)12-14-28-23/h4-8,11-15,17,20H,1-3,9-10,16H2,(H2,28,29,31,32,33). The molecule has 6 rings (SSSR count). The maximum atomic E-state index is 4.91. The number of hydrogen-bond donors (Lipinski definition) is 2. The Hall–Kier alpha value is -4.07. The Bertz CT molecular complexity index is 1420. The summed E-state index contributed by atoms with van der Waals surface area (Å²) in [6.45, 7) is 0.599. The van der Waals surface area contributed by atoms with Gasteiger partial charge in [0.1, 0.15) is 5.82 Å². The lowest BCUT2D eigenvalue weighted by molar-refractivity contribution is 0.358. The number of hydrogen-bond acceptors (Lipinski definition) is 7. The number of pyridine rings is 2. The monoisotopic (exact) mass is 450 g/mol. The average molecular weight is 451 g/mol. The van der Waals surface area contributed by atoms with Crippen LogP contribution >= 0.6 is 0 Å². The van der Waals surface area contributed by atoms with Crippen LogP contribution in [0.1, 0.15) is 43.7 Å². The van der Waals surface area contributed by atoms with E-state index in [0.717, 1.165) is 46.2 Å². The lowest BCUT2D eigenvalue weighted by Gasteiger charge is -2.23. The second kappa shape index (κ2) is 9.05. The van der Waals surface area contributed by atoms with Gasteiger partial charge in [-0.3, -0.25) is 4.98 Å². The number of benzene rings is 1. The summed E-state index contributed by atoms with van der Waals surface area (Å²) in [6.07, 6.45) is 13.4. The molecular weight excluding hydrogens is 424 g/mol. The Morgan fingerprint density at radius 1 is 0.882 bits per heavy atom. The first-order valence-corrected chi connectivity index (χ1v) is 11.8. The van der Waals surface area contributed by atoms with Crippen molar-refractivity contribution in [3.63, 3.8) is 0 Å². The van der Waals surface area contributed by atoms with Gasteiger partial charge in [-0.25, -0.2) is 9.97 Å². The number of nitrogens with zero attached hydrogens (tertiary/aromatic N) is 6. The highest BCUT2D eigenvalue weighted by Gasteiger charge is 2.21. The van der Waals surface area contributed by atoms with Gasteiger partial charge in [-0.1, -0.05) is 49.6 Å². The van der Waals surface area contributed by atoms with E-state index in [9.17, 15) is 0 Å². The third kappa shape index (κ3) is 4.03. The first kappa shape index (κ1) is 20.5. The normalized spacial score (nSPS) is 14.5. The molecule has 1 aromatic carbocycles. The molecule has 1 aliphatic carbocycles. The minimum Gasteiger partial charge on any atom is -0.364 e. The van der Waals surface area contributed by atoms with Gasteiger partial charge in [-0.05, 0) is 35.9 Å². The van der Waals surface area contributed by atoms with E-state index in [0.29, 0.717) is 24.4 Å². The molecular formula is C26H26N8. The molecule has 0 aliphatic heterocycles. The lowest BCUT2D eigenvalue weighted by Crippen LogP contribution is -2.13. The fourth-order valence-electron chi connectivity index (χ4n) is 4.74. The summed E-state index contributed by atoms with van der Waals surface area (Å²) < 4.78 is 2.23. The number of fused-ring (bicyclic) bond motifs is 2. The van der Waals surface area contributed by atoms with E-state index in [1.807, 2.05) is 42.9 Å². The molecule has 170 valence electrons. The van der Waals surface area contributed by atoms with Crippen LogP contribution in [0.25, 0.3) is 21.9 Å². The zero-order valence-corrected chi connectivity index (χ0v) is 18.9. The summed E-state index contributed by atoms with van der Waals surface area (Å²) >= 11 is 0. The Morgan fingerprint density at radius 3 is 2.68 bits per heavy atom. The molecule has 0 spiro atoms. The summed E-state index contributed by atoms with van der Waals surface area (Å²) in [7, 11) is 0. The summed E-state index contributed by atoms with van der Waals surface area (Å²) in [4.78, 5) is 23.2. The molecule has 2 N–H and O–H groups in total. The van der Waals surface area contributed by atoms with E-state index in [4.69, 9.17) is 15.0 Å². The van der Waals surface area contributed by atoms with E-state index in [2.05, 4.69) is 37.3 Å². The fourth-order valence-corrected chi connectivity index (χ4v) is 4.74. The Labute approximate surface area is 197 Å². The number of nitrogens with one attached hydrogen (secondary N) is 2. The van der Waals surface area contributed by atoms with Crippen LogP contribution < -0.4 is 10.6 Å². The number of imidazole rings is 1. The molecule has 8 nitrogen and oxygen atoms in total. The van der Waals surface area contributed by atoms with Crippen LogP contribution in [0.5, 0.6) is 0 Å². The molecule has 4 aromatic heterocycles. The maximum Gasteiger partial charge on any atom is 0.232 e. The molecule has 1 fully saturated rings. The van der Waals surface area contributed by atoms with Crippen LogP contribution in [-0.4, -0.2) is 29.5 Å². The van der Waals surface area contributed by atoms with Crippen molar-refractivity contribution in [2.24, 2.45) is 0 Å². The zero-order chi connectivity index (χ0) is 22.7. The van der Waals surface area contributed by atoms with Crippen LogP contribution in [0.15, 0.2) is 67.4 Å². The Kier molecular flexibility index (Phi) is 5.47. The topological polar surface area (TPSA) is 93.4 Å². The first-order valence-electron chi connectivity index (χ1n) is 11.8. The molecule has 0 bridgehead atoms. The minimum absolute atomic E-state index is 0.420. The van der Waals surface area contributed by atoms with Crippen molar-refractivity contribution >= 4 is 39.5 Å². The predicted molar refractivity (Wildman–Crippen MR) is 134 cm³/mol. The van der Waals surface area contributed by atoms with Crippen LogP contribution in [0, 0.1) is 0 Å². The van der Waals surface area contributed by atoms with E-state index < -0.39 is 0 Å². The quantitative estimate of drug-likeness (QED) is 0.346. The van der Waals surface area contributed by atoms with Crippen LogP contribution in [0.2, 0.25) is 0 Å². The van der Waals surface area contributed by atoms with Crippen molar-refractivity contribution < 1.29 is 0 Å². The first-order chi connectivity index (χ1) is 16.8. The SMILES string of the molecule is c1cncc(CNc2nc(Nc3nccc4ccccc34)nc3c2ncn3C2CCCCC2)c1. The fraction of sp³-hybridized carbons (Fsp3) is 0.269. The molecule has 34 heavy (non-hydrogen) atoms. The third-order valence-electron chi connectivity index (χ3n) is 6.48. The maximum absolute atomic E-state index is 4.91. The Morgan fingerprint density at radius 2 is 1.79 bits per heavy atom. The molecule has 0 amide bonds. The van der Waals surface area contributed by atoms with Crippen LogP contribution in [-0.2, 0) is 6.54 Å². The highest BCUT2D eigenvalue weighted by Crippen LogP contribution is 2.32. The van der Waals surface area contributed by atoms with Crippen LogP contribution in [0.4, 0.5) is 17.6 Å². The summed E-state index contributed by atoms with van der Waals surface area (Å²) in [5.74, 6) is 1.94. The van der Waals surface area contributed by atoms with Crippen molar-refractivity contribution in [1.29, 1.82) is 0 Å². The van der Waals surface area contributed by atoms with Crippen molar-refractivity contribution in [3.05, 3.63) is 72.9 Å². The van der Waals surface area contributed by atoms with Crippen molar-refractivity contribution in [2.75, 3.05) is 10.6 Å². The van der Waals surface area contributed by atoms with Crippen molar-refractivity contribution in [3.8, 4) is 0 Å². The molecule has 1 saturated carbocycles. The molecule has 0 atom stereocenters. The number of aromatic nitrogens is 6. The van der Waals surface area contributed by atoms with Gasteiger partial charge in [-0.15, -0.1) is 0 Å². The number of anilines is 3. The van der Waals surface area contributed by atoms with Gasteiger partial charge in [0.05, 0.1) is 6.33 Å². The van der Waals surface area contributed by atoms with Crippen molar-refractivity contribution in [1.82, 2.24) is 29.5 Å². The third-order valence-corrected chi connectivity index (χ3v) is 6.48. The molecule has 5 aromatic rings. The molecule has 8 heteroatoms. The largest absolute Gasteiger partial charge is 0.364 e. The smallest absolute Gasteiger partial charge is 0.232 e. The van der Waals surface area contributed by atoms with Gasteiger partial charge in [0, 0.05) is 36.6 Å². The van der Waals surface area contributed by atoms with Gasteiger partial charge in [-0.2, -0.15) is 9.97 Å². The van der Waals surface area contributed by atoms with Gasteiger partial charge in [0.2, 0.25) is 5.95 Å². The van der Waals surface area contributed by atoms with E-state index in [-0.39, 0.29) is 0 Å².